The molecule has 1 aliphatic carbocycles. The van der Waals surface area contributed by atoms with Gasteiger partial charge < -0.3 is 5.11 Å². The zero-order chi connectivity index (χ0) is 15.6. The van der Waals surface area contributed by atoms with E-state index in [1.165, 1.54) is 18.5 Å². The fraction of sp³-hybridized carbons (Fsp3) is 0.312. The molecule has 1 saturated carbocycles. The lowest BCUT2D eigenvalue weighted by Crippen LogP contribution is -2.42. The van der Waals surface area contributed by atoms with E-state index in [1.807, 2.05) is 30.3 Å². The first-order valence-electron chi connectivity index (χ1n) is 7.20. The second kappa shape index (κ2) is 5.79. The van der Waals surface area contributed by atoms with Crippen LogP contribution in [0.3, 0.4) is 0 Å². The van der Waals surface area contributed by atoms with Gasteiger partial charge in [0.1, 0.15) is 10.5 Å². The van der Waals surface area contributed by atoms with Gasteiger partial charge >= 0.3 is 0 Å². The van der Waals surface area contributed by atoms with E-state index < -0.39 is 15.6 Å². The molecule has 3 rings (SSSR count). The second-order valence-electron chi connectivity index (χ2n) is 5.58. The van der Waals surface area contributed by atoms with Gasteiger partial charge in [-0.3, -0.25) is 4.98 Å². The Hall–Kier alpha value is -1.76. The zero-order valence-corrected chi connectivity index (χ0v) is 12.8. The van der Waals surface area contributed by atoms with Crippen molar-refractivity contribution >= 4 is 10.0 Å². The van der Waals surface area contributed by atoms with Crippen LogP contribution in [0, 0.1) is 5.92 Å². The average molecular weight is 318 g/mol. The Balaban J connectivity index is 1.81. The molecule has 0 bridgehead atoms. The minimum atomic E-state index is -3.68. The summed E-state index contributed by atoms with van der Waals surface area (Å²) in [4.78, 5) is 3.92. The van der Waals surface area contributed by atoms with Gasteiger partial charge in [-0.1, -0.05) is 30.3 Å². The summed E-state index contributed by atoms with van der Waals surface area (Å²) in [6, 6.07) is 12.3. The van der Waals surface area contributed by atoms with Crippen LogP contribution in [0.1, 0.15) is 18.4 Å². The summed E-state index contributed by atoms with van der Waals surface area (Å²) < 4.78 is 27.1. The van der Waals surface area contributed by atoms with Crippen LogP contribution in [0.5, 0.6) is 0 Å². The van der Waals surface area contributed by atoms with Crippen molar-refractivity contribution in [1.29, 1.82) is 0 Å². The van der Waals surface area contributed by atoms with E-state index in [2.05, 4.69) is 9.71 Å². The minimum Gasteiger partial charge on any atom is -0.383 e. The summed E-state index contributed by atoms with van der Waals surface area (Å²) in [5, 5.41) is 11.0. The standard InChI is InChI=1S/C16H18N2O3S/c19-16(14-8-9-14,13-5-2-1-3-6-13)12-18-22(20,21)15-7-4-10-17-11-15/h1-7,10-11,14,18-19H,8-9,12H2/t16-/m0/s1. The Labute approximate surface area is 130 Å². The van der Waals surface area contributed by atoms with Gasteiger partial charge in [0.25, 0.3) is 0 Å². The van der Waals surface area contributed by atoms with Crippen LogP contribution in [-0.2, 0) is 15.6 Å². The first kappa shape index (κ1) is 15.1. The van der Waals surface area contributed by atoms with Crippen LogP contribution in [0.4, 0.5) is 0 Å². The molecule has 0 amide bonds. The normalized spacial score (nSPS) is 17.9. The highest BCUT2D eigenvalue weighted by Crippen LogP contribution is 2.45. The van der Waals surface area contributed by atoms with E-state index in [4.69, 9.17) is 0 Å². The third-order valence-electron chi connectivity index (χ3n) is 4.00. The molecular formula is C16H18N2O3S. The molecule has 22 heavy (non-hydrogen) atoms. The predicted molar refractivity (Wildman–Crippen MR) is 82.5 cm³/mol. The first-order chi connectivity index (χ1) is 10.5. The molecule has 1 fully saturated rings. The summed E-state index contributed by atoms with van der Waals surface area (Å²) in [5.41, 5.74) is -0.428. The lowest BCUT2D eigenvalue weighted by molar-refractivity contribution is 0.0185. The average Bonchev–Trinajstić information content (AvgIpc) is 3.40. The monoisotopic (exact) mass is 318 g/mol. The summed E-state index contributed by atoms with van der Waals surface area (Å²) in [6.07, 6.45) is 4.62. The number of hydrogen-bond donors (Lipinski definition) is 2. The largest absolute Gasteiger partial charge is 0.383 e. The number of aliphatic hydroxyl groups is 1. The van der Waals surface area contributed by atoms with E-state index in [9.17, 15) is 13.5 Å². The van der Waals surface area contributed by atoms with Crippen molar-refractivity contribution in [3.8, 4) is 0 Å². The third kappa shape index (κ3) is 3.04. The van der Waals surface area contributed by atoms with Gasteiger partial charge in [-0.05, 0) is 36.5 Å². The van der Waals surface area contributed by atoms with Crippen LogP contribution in [0.15, 0.2) is 59.8 Å². The second-order valence-corrected chi connectivity index (χ2v) is 7.34. The van der Waals surface area contributed by atoms with E-state index in [0.29, 0.717) is 0 Å². The lowest BCUT2D eigenvalue weighted by Gasteiger charge is -2.29. The topological polar surface area (TPSA) is 79.3 Å². The molecule has 0 saturated heterocycles. The number of pyridine rings is 1. The van der Waals surface area contributed by atoms with Crippen molar-refractivity contribution in [3.63, 3.8) is 0 Å². The molecule has 5 nitrogen and oxygen atoms in total. The molecule has 1 atom stereocenters. The quantitative estimate of drug-likeness (QED) is 0.849. The van der Waals surface area contributed by atoms with Gasteiger partial charge in [0.2, 0.25) is 10.0 Å². The van der Waals surface area contributed by atoms with Crippen LogP contribution < -0.4 is 4.72 Å². The smallest absolute Gasteiger partial charge is 0.242 e. The summed E-state index contributed by atoms with van der Waals surface area (Å²) in [5.74, 6) is 0.0894. The van der Waals surface area contributed by atoms with Crippen molar-refractivity contribution in [2.75, 3.05) is 6.54 Å². The Bertz CT molecular complexity index is 731. The number of nitrogens with one attached hydrogen (secondary N) is 1. The Morgan fingerprint density at radius 2 is 1.91 bits per heavy atom. The highest BCUT2D eigenvalue weighted by Gasteiger charge is 2.45. The number of aromatic nitrogens is 1. The third-order valence-corrected chi connectivity index (χ3v) is 5.39. The Morgan fingerprint density at radius 3 is 2.50 bits per heavy atom. The van der Waals surface area contributed by atoms with Crippen LogP contribution in [0.2, 0.25) is 0 Å². The molecule has 0 radical (unpaired) electrons. The zero-order valence-electron chi connectivity index (χ0n) is 12.0. The van der Waals surface area contributed by atoms with E-state index >= 15 is 0 Å². The first-order valence-corrected chi connectivity index (χ1v) is 8.68. The summed E-state index contributed by atoms with van der Waals surface area (Å²) in [6.45, 7) is -0.0428. The molecule has 0 spiro atoms. The van der Waals surface area contributed by atoms with Gasteiger partial charge in [0.05, 0.1) is 0 Å². The number of benzene rings is 1. The van der Waals surface area contributed by atoms with Gasteiger partial charge in [0.15, 0.2) is 0 Å². The highest BCUT2D eigenvalue weighted by atomic mass is 32.2. The molecule has 116 valence electrons. The summed E-state index contributed by atoms with van der Waals surface area (Å²) >= 11 is 0. The fourth-order valence-electron chi connectivity index (χ4n) is 2.56. The molecule has 1 aliphatic rings. The van der Waals surface area contributed by atoms with Crippen molar-refractivity contribution in [2.24, 2.45) is 5.92 Å². The highest BCUT2D eigenvalue weighted by molar-refractivity contribution is 7.89. The maximum Gasteiger partial charge on any atom is 0.242 e. The van der Waals surface area contributed by atoms with Crippen LogP contribution in [0.25, 0.3) is 0 Å². The minimum absolute atomic E-state index is 0.0428. The molecule has 1 heterocycles. The molecule has 0 unspecified atom stereocenters. The van der Waals surface area contributed by atoms with E-state index in [0.717, 1.165) is 18.4 Å². The number of hydrogen-bond acceptors (Lipinski definition) is 4. The fourth-order valence-corrected chi connectivity index (χ4v) is 3.60. The van der Waals surface area contributed by atoms with Gasteiger partial charge in [0, 0.05) is 18.9 Å². The number of rotatable bonds is 6. The van der Waals surface area contributed by atoms with Crippen LogP contribution in [-0.4, -0.2) is 25.1 Å². The molecule has 2 aromatic rings. The predicted octanol–water partition coefficient (Wildman–Crippen LogP) is 1.66. The molecule has 1 aromatic carbocycles. The van der Waals surface area contributed by atoms with Gasteiger partial charge in [-0.15, -0.1) is 0 Å². The molecule has 1 aromatic heterocycles. The van der Waals surface area contributed by atoms with Gasteiger partial charge in [-0.2, -0.15) is 0 Å². The van der Waals surface area contributed by atoms with E-state index in [1.54, 1.807) is 6.07 Å². The maximum absolute atomic E-state index is 12.3. The van der Waals surface area contributed by atoms with E-state index in [-0.39, 0.29) is 17.4 Å². The Kier molecular flexibility index (Phi) is 3.99. The molecular weight excluding hydrogens is 300 g/mol. The Morgan fingerprint density at radius 1 is 1.18 bits per heavy atom. The SMILES string of the molecule is O=S(=O)(NC[C@](O)(c1ccccc1)C1CC1)c1cccnc1. The van der Waals surface area contributed by atoms with Crippen molar-refractivity contribution in [2.45, 2.75) is 23.3 Å². The van der Waals surface area contributed by atoms with Crippen molar-refractivity contribution in [1.82, 2.24) is 9.71 Å². The number of nitrogens with zero attached hydrogens (tertiary/aromatic N) is 1. The molecule has 2 N–H and O–H groups in total. The lowest BCUT2D eigenvalue weighted by atomic mass is 9.89. The van der Waals surface area contributed by atoms with Crippen molar-refractivity contribution < 1.29 is 13.5 Å². The molecule has 6 heteroatoms. The maximum atomic E-state index is 12.3. The van der Waals surface area contributed by atoms with Crippen LogP contribution >= 0.6 is 0 Å². The number of sulfonamides is 1. The van der Waals surface area contributed by atoms with Crippen molar-refractivity contribution in [3.05, 3.63) is 60.4 Å². The van der Waals surface area contributed by atoms with Gasteiger partial charge in [-0.25, -0.2) is 13.1 Å². The summed E-state index contributed by atoms with van der Waals surface area (Å²) in [7, 11) is -3.68. The molecule has 0 aliphatic heterocycles.